The van der Waals surface area contributed by atoms with Gasteiger partial charge in [0.2, 0.25) is 11.8 Å². The minimum absolute atomic E-state index is 0.0465. The molecule has 0 radical (unpaired) electrons. The fraction of sp³-hybridized carbons (Fsp3) is 0.750. The van der Waals surface area contributed by atoms with Crippen molar-refractivity contribution in [3.8, 4) is 0 Å². The maximum absolute atomic E-state index is 12.5. The van der Waals surface area contributed by atoms with Crippen LogP contribution in [0, 0.1) is 0 Å². The average molecular weight is 311 g/mol. The number of aliphatic hydroxyl groups is 1. The van der Waals surface area contributed by atoms with E-state index in [4.69, 9.17) is 4.52 Å². The molecule has 0 aliphatic carbocycles. The standard InChI is InChI=1S/C16H29N3O3/c1-8-11(2)19(7)16(5,6)14(21)17-13-9-12(18-22-13)15(3,4)10-20/h9,11,20H,8,10H2,1-7H3,(H,17,21)/t11-/m0/s1. The van der Waals surface area contributed by atoms with Gasteiger partial charge in [-0.05, 0) is 34.2 Å². The fourth-order valence-electron chi connectivity index (χ4n) is 1.98. The van der Waals surface area contributed by atoms with Gasteiger partial charge in [-0.25, -0.2) is 0 Å². The Balaban J connectivity index is 2.85. The molecular weight excluding hydrogens is 282 g/mol. The van der Waals surface area contributed by atoms with Crippen LogP contribution in [-0.4, -0.2) is 46.3 Å². The molecule has 1 atom stereocenters. The maximum atomic E-state index is 12.5. The molecule has 1 aromatic rings. The minimum atomic E-state index is -0.672. The molecule has 0 aliphatic rings. The van der Waals surface area contributed by atoms with Gasteiger partial charge in [0.05, 0.1) is 17.8 Å². The van der Waals surface area contributed by atoms with Gasteiger partial charge in [0.25, 0.3) is 0 Å². The summed E-state index contributed by atoms with van der Waals surface area (Å²) in [6.45, 7) is 11.6. The normalized spacial score (nSPS) is 14.2. The maximum Gasteiger partial charge on any atom is 0.246 e. The van der Waals surface area contributed by atoms with Gasteiger partial charge >= 0.3 is 0 Å². The van der Waals surface area contributed by atoms with E-state index in [2.05, 4.69) is 24.3 Å². The third-order valence-corrected chi connectivity index (χ3v) is 4.52. The van der Waals surface area contributed by atoms with Crippen molar-refractivity contribution in [2.24, 2.45) is 0 Å². The number of likely N-dealkylation sites (N-methyl/N-ethyl adjacent to an activating group) is 1. The Morgan fingerprint density at radius 1 is 1.45 bits per heavy atom. The molecule has 22 heavy (non-hydrogen) atoms. The summed E-state index contributed by atoms with van der Waals surface area (Å²) in [4.78, 5) is 14.6. The van der Waals surface area contributed by atoms with E-state index in [1.54, 1.807) is 6.07 Å². The Morgan fingerprint density at radius 3 is 2.55 bits per heavy atom. The molecule has 0 spiro atoms. The molecule has 0 saturated heterocycles. The predicted molar refractivity (Wildman–Crippen MR) is 86.8 cm³/mol. The van der Waals surface area contributed by atoms with Crippen LogP contribution in [0.4, 0.5) is 5.88 Å². The number of anilines is 1. The second-order valence-electron chi connectivity index (χ2n) is 7.00. The van der Waals surface area contributed by atoms with E-state index in [-0.39, 0.29) is 12.5 Å². The van der Waals surface area contributed by atoms with Crippen LogP contribution in [0.5, 0.6) is 0 Å². The molecule has 2 N–H and O–H groups in total. The monoisotopic (exact) mass is 311 g/mol. The van der Waals surface area contributed by atoms with Gasteiger partial charge in [-0.3, -0.25) is 15.0 Å². The van der Waals surface area contributed by atoms with Crippen LogP contribution < -0.4 is 5.32 Å². The van der Waals surface area contributed by atoms with Crippen molar-refractivity contribution >= 4 is 11.8 Å². The summed E-state index contributed by atoms with van der Waals surface area (Å²) in [5, 5.41) is 16.0. The fourth-order valence-corrected chi connectivity index (χ4v) is 1.98. The molecule has 0 fully saturated rings. The number of hydrogen-bond donors (Lipinski definition) is 2. The number of nitrogens with one attached hydrogen (secondary N) is 1. The number of carbonyl (C=O) groups is 1. The zero-order valence-corrected chi connectivity index (χ0v) is 14.7. The Morgan fingerprint density at radius 2 is 2.05 bits per heavy atom. The van der Waals surface area contributed by atoms with E-state index in [1.807, 2.05) is 39.6 Å². The molecule has 6 heteroatoms. The van der Waals surface area contributed by atoms with Gasteiger partial charge in [-0.1, -0.05) is 25.9 Å². The minimum Gasteiger partial charge on any atom is -0.395 e. The second-order valence-corrected chi connectivity index (χ2v) is 7.00. The third-order valence-electron chi connectivity index (χ3n) is 4.52. The summed E-state index contributed by atoms with van der Waals surface area (Å²) in [5.74, 6) is 0.145. The van der Waals surface area contributed by atoms with Crippen LogP contribution in [0.2, 0.25) is 0 Å². The molecule has 0 aliphatic heterocycles. The van der Waals surface area contributed by atoms with Crippen molar-refractivity contribution in [1.82, 2.24) is 10.1 Å². The number of carbonyl (C=O) groups excluding carboxylic acids is 1. The number of amides is 1. The van der Waals surface area contributed by atoms with Gasteiger partial charge in [0.1, 0.15) is 0 Å². The van der Waals surface area contributed by atoms with Crippen molar-refractivity contribution in [3.05, 3.63) is 11.8 Å². The molecule has 126 valence electrons. The third kappa shape index (κ3) is 3.87. The van der Waals surface area contributed by atoms with Gasteiger partial charge in [0.15, 0.2) is 0 Å². The number of rotatable bonds is 7. The Kier molecular flexibility index (Phi) is 5.76. The van der Waals surface area contributed by atoms with Crippen LogP contribution in [0.3, 0.4) is 0 Å². The topological polar surface area (TPSA) is 78.6 Å². The lowest BCUT2D eigenvalue weighted by Crippen LogP contribution is -2.53. The second kappa shape index (κ2) is 6.79. The predicted octanol–water partition coefficient (Wildman–Crippen LogP) is 2.39. The number of aliphatic hydroxyl groups excluding tert-OH is 1. The van der Waals surface area contributed by atoms with Gasteiger partial charge < -0.3 is 9.63 Å². The summed E-state index contributed by atoms with van der Waals surface area (Å²) < 4.78 is 5.17. The molecule has 1 heterocycles. The highest BCUT2D eigenvalue weighted by Gasteiger charge is 2.35. The lowest BCUT2D eigenvalue weighted by atomic mass is 9.91. The van der Waals surface area contributed by atoms with E-state index in [1.165, 1.54) is 0 Å². The lowest BCUT2D eigenvalue weighted by molar-refractivity contribution is -0.126. The highest BCUT2D eigenvalue weighted by atomic mass is 16.5. The van der Waals surface area contributed by atoms with Crippen molar-refractivity contribution in [1.29, 1.82) is 0 Å². The number of nitrogens with zero attached hydrogens (tertiary/aromatic N) is 2. The molecule has 1 aromatic heterocycles. The first-order valence-corrected chi connectivity index (χ1v) is 7.68. The van der Waals surface area contributed by atoms with E-state index in [9.17, 15) is 9.90 Å². The first-order valence-electron chi connectivity index (χ1n) is 7.68. The van der Waals surface area contributed by atoms with E-state index >= 15 is 0 Å². The van der Waals surface area contributed by atoms with E-state index < -0.39 is 11.0 Å². The summed E-state index contributed by atoms with van der Waals surface area (Å²) in [5.41, 5.74) is -0.567. The summed E-state index contributed by atoms with van der Waals surface area (Å²) in [7, 11) is 1.94. The molecular formula is C16H29N3O3. The van der Waals surface area contributed by atoms with Crippen molar-refractivity contribution in [2.75, 3.05) is 19.0 Å². The van der Waals surface area contributed by atoms with Crippen molar-refractivity contribution < 1.29 is 14.4 Å². The average Bonchev–Trinajstić information content (AvgIpc) is 2.94. The number of hydrogen-bond acceptors (Lipinski definition) is 5. The van der Waals surface area contributed by atoms with Crippen LogP contribution >= 0.6 is 0 Å². The Labute approximate surface area is 132 Å². The highest BCUT2D eigenvalue weighted by Crippen LogP contribution is 2.25. The SMILES string of the molecule is CC[C@H](C)N(C)C(C)(C)C(=O)Nc1cc(C(C)(C)CO)no1. The first kappa shape index (κ1) is 18.6. The van der Waals surface area contributed by atoms with Gasteiger partial charge in [-0.2, -0.15) is 0 Å². The van der Waals surface area contributed by atoms with Crippen LogP contribution in [0.15, 0.2) is 10.6 Å². The Hall–Kier alpha value is -1.40. The van der Waals surface area contributed by atoms with Crippen molar-refractivity contribution in [3.63, 3.8) is 0 Å². The van der Waals surface area contributed by atoms with E-state index in [0.29, 0.717) is 17.6 Å². The smallest absolute Gasteiger partial charge is 0.246 e. The zero-order chi connectivity index (χ0) is 17.1. The zero-order valence-electron chi connectivity index (χ0n) is 14.7. The van der Waals surface area contributed by atoms with Gasteiger partial charge in [0, 0.05) is 17.5 Å². The van der Waals surface area contributed by atoms with Crippen LogP contribution in [0.25, 0.3) is 0 Å². The first-order chi connectivity index (χ1) is 10.1. The lowest BCUT2D eigenvalue weighted by Gasteiger charge is -2.37. The van der Waals surface area contributed by atoms with E-state index in [0.717, 1.165) is 6.42 Å². The molecule has 1 rings (SSSR count). The largest absolute Gasteiger partial charge is 0.395 e. The summed E-state index contributed by atoms with van der Waals surface area (Å²) in [6.07, 6.45) is 0.963. The molecule has 0 bridgehead atoms. The van der Waals surface area contributed by atoms with Crippen LogP contribution in [-0.2, 0) is 10.2 Å². The molecule has 1 amide bonds. The van der Waals surface area contributed by atoms with Gasteiger partial charge in [-0.15, -0.1) is 0 Å². The summed E-state index contributed by atoms with van der Waals surface area (Å²) >= 11 is 0. The van der Waals surface area contributed by atoms with Crippen LogP contribution in [0.1, 0.15) is 53.7 Å². The molecule has 0 saturated carbocycles. The molecule has 0 unspecified atom stereocenters. The molecule has 6 nitrogen and oxygen atoms in total. The number of aromatic nitrogens is 1. The Bertz CT molecular complexity index is 508. The quantitative estimate of drug-likeness (QED) is 0.808. The molecule has 0 aromatic carbocycles. The van der Waals surface area contributed by atoms with Crippen molar-refractivity contribution in [2.45, 2.75) is 65.0 Å². The summed E-state index contributed by atoms with van der Waals surface area (Å²) in [6, 6.07) is 1.95. The highest BCUT2D eigenvalue weighted by molar-refractivity contribution is 5.96.